The summed E-state index contributed by atoms with van der Waals surface area (Å²) < 4.78 is 2.01. The highest BCUT2D eigenvalue weighted by atomic mass is 79.9. The summed E-state index contributed by atoms with van der Waals surface area (Å²) in [5.74, 6) is 0. The van der Waals surface area contributed by atoms with Crippen molar-refractivity contribution in [3.63, 3.8) is 0 Å². The van der Waals surface area contributed by atoms with E-state index in [-0.39, 0.29) is 0 Å². The molecule has 0 fully saturated rings. The predicted octanol–water partition coefficient (Wildman–Crippen LogP) is 5.70. The molecule has 4 heteroatoms. The average Bonchev–Trinajstić information content (AvgIpc) is 2.79. The van der Waals surface area contributed by atoms with E-state index in [0.29, 0.717) is 6.42 Å². The highest BCUT2D eigenvalue weighted by molar-refractivity contribution is 9.13. The van der Waals surface area contributed by atoms with E-state index < -0.39 is 6.10 Å². The van der Waals surface area contributed by atoms with Crippen molar-refractivity contribution < 1.29 is 5.11 Å². The quantitative estimate of drug-likeness (QED) is 0.585. The Hall–Kier alpha value is -0.680. The lowest BCUT2D eigenvalue weighted by Crippen LogP contribution is -2.00. The maximum absolute atomic E-state index is 10.4. The molecular formula is C16H12Br2OS. The highest BCUT2D eigenvalue weighted by Crippen LogP contribution is 2.36. The van der Waals surface area contributed by atoms with Crippen LogP contribution in [0.1, 0.15) is 16.5 Å². The molecule has 0 bridgehead atoms. The van der Waals surface area contributed by atoms with Gasteiger partial charge in [-0.25, -0.2) is 0 Å². The summed E-state index contributed by atoms with van der Waals surface area (Å²) in [5, 5.41) is 12.9. The van der Waals surface area contributed by atoms with Crippen LogP contribution in [0.25, 0.3) is 10.8 Å². The van der Waals surface area contributed by atoms with Gasteiger partial charge in [0.25, 0.3) is 0 Å². The summed E-state index contributed by atoms with van der Waals surface area (Å²) in [6.07, 6.45) is 0.147. The Balaban J connectivity index is 1.93. The molecule has 1 aromatic heterocycles. The summed E-state index contributed by atoms with van der Waals surface area (Å²) in [7, 11) is 0. The van der Waals surface area contributed by atoms with Crippen molar-refractivity contribution in [2.45, 2.75) is 12.5 Å². The van der Waals surface area contributed by atoms with Crippen molar-refractivity contribution in [1.82, 2.24) is 0 Å². The van der Waals surface area contributed by atoms with Gasteiger partial charge in [0.15, 0.2) is 0 Å². The first kappa shape index (κ1) is 14.3. The topological polar surface area (TPSA) is 20.2 Å². The fourth-order valence-corrected chi connectivity index (χ4v) is 4.38. The molecule has 102 valence electrons. The van der Waals surface area contributed by atoms with Gasteiger partial charge in [-0.15, -0.1) is 11.3 Å². The van der Waals surface area contributed by atoms with Crippen LogP contribution in [0.5, 0.6) is 0 Å². The molecule has 0 aliphatic heterocycles. The number of fused-ring (bicyclic) bond motifs is 1. The van der Waals surface area contributed by atoms with Gasteiger partial charge >= 0.3 is 0 Å². The van der Waals surface area contributed by atoms with E-state index in [0.717, 1.165) is 13.1 Å². The number of thiophene rings is 1. The summed E-state index contributed by atoms with van der Waals surface area (Å²) in [4.78, 5) is 0.969. The van der Waals surface area contributed by atoms with Gasteiger partial charge in [-0.2, -0.15) is 0 Å². The maximum atomic E-state index is 10.4. The maximum Gasteiger partial charge on any atom is 0.0923 e. The third-order valence-corrected chi connectivity index (χ3v) is 6.64. The van der Waals surface area contributed by atoms with E-state index >= 15 is 0 Å². The van der Waals surface area contributed by atoms with Gasteiger partial charge in [0.2, 0.25) is 0 Å². The van der Waals surface area contributed by atoms with Crippen molar-refractivity contribution in [3.05, 3.63) is 67.2 Å². The third-order valence-electron chi connectivity index (χ3n) is 3.29. The minimum atomic E-state index is -0.478. The highest BCUT2D eigenvalue weighted by Gasteiger charge is 2.14. The zero-order valence-electron chi connectivity index (χ0n) is 10.5. The van der Waals surface area contributed by atoms with Gasteiger partial charge in [-0.1, -0.05) is 42.5 Å². The lowest BCUT2D eigenvalue weighted by Gasteiger charge is -2.11. The van der Waals surface area contributed by atoms with E-state index in [1.165, 1.54) is 16.3 Å². The number of hydrogen-bond donors (Lipinski definition) is 1. The zero-order valence-corrected chi connectivity index (χ0v) is 14.5. The molecule has 1 nitrogen and oxygen atoms in total. The second-order valence-electron chi connectivity index (χ2n) is 4.63. The van der Waals surface area contributed by atoms with Crippen molar-refractivity contribution in [2.24, 2.45) is 0 Å². The number of aliphatic hydroxyl groups is 1. The molecule has 0 spiro atoms. The molecule has 3 rings (SSSR count). The SMILES string of the molecule is OC(Cc1cccc2ccccc12)c1cc(Br)c(Br)s1. The Morgan fingerprint density at radius 1 is 1.05 bits per heavy atom. The molecule has 0 aliphatic carbocycles. The Morgan fingerprint density at radius 2 is 1.80 bits per heavy atom. The van der Waals surface area contributed by atoms with Crippen LogP contribution in [0.15, 0.2) is 56.8 Å². The molecule has 2 aromatic carbocycles. The Labute approximate surface area is 138 Å². The lowest BCUT2D eigenvalue weighted by atomic mass is 9.99. The van der Waals surface area contributed by atoms with Crippen LogP contribution >= 0.6 is 43.2 Å². The smallest absolute Gasteiger partial charge is 0.0923 e. The first-order valence-electron chi connectivity index (χ1n) is 6.24. The fraction of sp³-hybridized carbons (Fsp3) is 0.125. The Bertz CT molecular complexity index is 726. The summed E-state index contributed by atoms with van der Waals surface area (Å²) in [6.45, 7) is 0. The Kier molecular flexibility index (Phi) is 4.26. The molecule has 0 saturated heterocycles. The molecule has 0 saturated carbocycles. The standard InChI is InChI=1S/C16H12Br2OS/c17-13-9-15(20-16(13)18)14(19)8-11-6-3-5-10-4-1-2-7-12(10)11/h1-7,9,14,19H,8H2. The minimum Gasteiger partial charge on any atom is -0.387 e. The van der Waals surface area contributed by atoms with E-state index in [2.05, 4.69) is 56.1 Å². The first-order valence-corrected chi connectivity index (χ1v) is 8.65. The molecule has 1 N–H and O–H groups in total. The predicted molar refractivity (Wildman–Crippen MR) is 92.3 cm³/mol. The number of aliphatic hydroxyl groups excluding tert-OH is 1. The van der Waals surface area contributed by atoms with E-state index in [1.807, 2.05) is 24.3 Å². The van der Waals surface area contributed by atoms with Crippen LogP contribution in [0.3, 0.4) is 0 Å². The van der Waals surface area contributed by atoms with Gasteiger partial charge in [-0.3, -0.25) is 0 Å². The molecule has 1 atom stereocenters. The second kappa shape index (κ2) is 5.98. The van der Waals surface area contributed by atoms with Gasteiger partial charge < -0.3 is 5.11 Å². The molecule has 20 heavy (non-hydrogen) atoms. The minimum absolute atomic E-state index is 0.478. The van der Waals surface area contributed by atoms with E-state index in [9.17, 15) is 5.11 Å². The fourth-order valence-electron chi connectivity index (χ4n) is 2.31. The van der Waals surface area contributed by atoms with Gasteiger partial charge in [0.1, 0.15) is 0 Å². The Morgan fingerprint density at radius 3 is 2.55 bits per heavy atom. The van der Waals surface area contributed by atoms with Gasteiger partial charge in [0, 0.05) is 15.8 Å². The molecule has 1 heterocycles. The van der Waals surface area contributed by atoms with Crippen molar-refractivity contribution in [3.8, 4) is 0 Å². The van der Waals surface area contributed by atoms with E-state index in [1.54, 1.807) is 11.3 Å². The molecule has 3 aromatic rings. The summed E-state index contributed by atoms with van der Waals surface area (Å²) in [6, 6.07) is 16.5. The van der Waals surface area contributed by atoms with E-state index in [4.69, 9.17) is 0 Å². The van der Waals surface area contributed by atoms with Crippen LogP contribution < -0.4 is 0 Å². The monoisotopic (exact) mass is 410 g/mol. The lowest BCUT2D eigenvalue weighted by molar-refractivity contribution is 0.182. The van der Waals surface area contributed by atoms with Gasteiger partial charge in [0.05, 0.1) is 9.89 Å². The summed E-state index contributed by atoms with van der Waals surface area (Å²) >= 11 is 8.50. The van der Waals surface area contributed by atoms with Crippen LogP contribution in [0.4, 0.5) is 0 Å². The van der Waals surface area contributed by atoms with Crippen molar-refractivity contribution >= 4 is 54.0 Å². The average molecular weight is 412 g/mol. The molecule has 0 aliphatic rings. The third kappa shape index (κ3) is 2.84. The molecule has 0 radical (unpaired) electrons. The number of benzene rings is 2. The van der Waals surface area contributed by atoms with Crippen LogP contribution in [0, 0.1) is 0 Å². The largest absolute Gasteiger partial charge is 0.387 e. The first-order chi connectivity index (χ1) is 9.65. The zero-order chi connectivity index (χ0) is 14.1. The summed E-state index contributed by atoms with van der Waals surface area (Å²) in [5.41, 5.74) is 1.18. The van der Waals surface area contributed by atoms with Crippen molar-refractivity contribution in [2.75, 3.05) is 0 Å². The van der Waals surface area contributed by atoms with Crippen LogP contribution in [0.2, 0.25) is 0 Å². The normalized spacial score (nSPS) is 12.8. The van der Waals surface area contributed by atoms with Crippen LogP contribution in [-0.4, -0.2) is 5.11 Å². The van der Waals surface area contributed by atoms with Crippen LogP contribution in [-0.2, 0) is 6.42 Å². The molecular weight excluding hydrogens is 400 g/mol. The van der Waals surface area contributed by atoms with Gasteiger partial charge in [-0.05, 0) is 54.3 Å². The number of hydrogen-bond acceptors (Lipinski definition) is 2. The van der Waals surface area contributed by atoms with Crippen molar-refractivity contribution in [1.29, 1.82) is 0 Å². The second-order valence-corrected chi connectivity index (χ2v) is 7.88. The number of rotatable bonds is 3. The number of halogens is 2. The molecule has 0 amide bonds. The molecule has 1 unspecified atom stereocenters.